The van der Waals surface area contributed by atoms with Crippen LogP contribution in [0.3, 0.4) is 0 Å². The van der Waals surface area contributed by atoms with Gasteiger partial charge in [-0.15, -0.1) is 0 Å². The van der Waals surface area contributed by atoms with Crippen molar-refractivity contribution in [2.45, 2.75) is 11.3 Å². The lowest BCUT2D eigenvalue weighted by atomic mass is 10.3. The third kappa shape index (κ3) is 3.33. The predicted octanol–water partition coefficient (Wildman–Crippen LogP) is 2.71. The van der Waals surface area contributed by atoms with Gasteiger partial charge in [-0.2, -0.15) is 4.31 Å². The zero-order valence-electron chi connectivity index (χ0n) is 9.50. The van der Waals surface area contributed by atoms with E-state index in [1.54, 1.807) is 0 Å². The van der Waals surface area contributed by atoms with Gasteiger partial charge in [-0.25, -0.2) is 21.6 Å². The molecule has 10 heteroatoms. The zero-order chi connectivity index (χ0) is 15.0. The third-order valence-electron chi connectivity index (χ3n) is 2.24. The number of alkyl halides is 2. The van der Waals surface area contributed by atoms with E-state index in [0.29, 0.717) is 4.31 Å². The summed E-state index contributed by atoms with van der Waals surface area (Å²) in [4.78, 5) is -0.846. The molecule has 0 aliphatic heterocycles. The summed E-state index contributed by atoms with van der Waals surface area (Å²) in [6, 6.07) is 0.814. The monoisotopic (exact) mass is 380 g/mol. The van der Waals surface area contributed by atoms with Crippen LogP contribution in [0.1, 0.15) is 0 Å². The van der Waals surface area contributed by atoms with E-state index in [9.17, 15) is 21.6 Å². The molecule has 0 saturated heterocycles. The highest BCUT2D eigenvalue weighted by Gasteiger charge is 2.29. The minimum Gasteiger partial charge on any atom is -0.395 e. The molecule has 0 bridgehead atoms. The SMILES string of the molecule is CN(CC(F)F)S(=O)(=O)c1cc(Cl)c(Br)c(N)c1F. The van der Waals surface area contributed by atoms with Crippen molar-refractivity contribution in [2.75, 3.05) is 19.3 Å². The maximum absolute atomic E-state index is 13.8. The van der Waals surface area contributed by atoms with Gasteiger partial charge in [0.2, 0.25) is 10.0 Å². The molecule has 4 nitrogen and oxygen atoms in total. The van der Waals surface area contributed by atoms with Gasteiger partial charge in [0.15, 0.2) is 5.82 Å². The number of nitrogen functional groups attached to an aromatic ring is 1. The summed E-state index contributed by atoms with van der Waals surface area (Å²) in [6.45, 7) is -1.06. The quantitative estimate of drug-likeness (QED) is 0.644. The van der Waals surface area contributed by atoms with Gasteiger partial charge >= 0.3 is 0 Å². The Labute approximate surface area is 121 Å². The summed E-state index contributed by atoms with van der Waals surface area (Å²) in [5.41, 5.74) is 4.84. The van der Waals surface area contributed by atoms with Crippen molar-refractivity contribution in [3.05, 3.63) is 21.4 Å². The van der Waals surface area contributed by atoms with Crippen LogP contribution in [0.2, 0.25) is 5.02 Å². The topological polar surface area (TPSA) is 63.4 Å². The van der Waals surface area contributed by atoms with E-state index in [1.165, 1.54) is 0 Å². The van der Waals surface area contributed by atoms with E-state index >= 15 is 0 Å². The Hall–Kier alpha value is -0.510. The number of halogens is 5. The molecular weight excluding hydrogens is 373 g/mol. The number of hydrogen-bond acceptors (Lipinski definition) is 3. The van der Waals surface area contributed by atoms with E-state index in [0.717, 1.165) is 13.1 Å². The first-order valence-electron chi connectivity index (χ1n) is 4.76. The molecule has 19 heavy (non-hydrogen) atoms. The summed E-state index contributed by atoms with van der Waals surface area (Å²) in [6.07, 6.45) is -2.88. The minimum absolute atomic E-state index is 0.00197. The normalized spacial score (nSPS) is 12.4. The lowest BCUT2D eigenvalue weighted by Gasteiger charge is -2.18. The Bertz CT molecular complexity index is 598. The second-order valence-corrected chi connectivity index (χ2v) is 6.79. The molecule has 1 rings (SSSR count). The van der Waals surface area contributed by atoms with Crippen molar-refractivity contribution in [1.29, 1.82) is 0 Å². The van der Waals surface area contributed by atoms with E-state index < -0.39 is 39.4 Å². The molecule has 0 aliphatic rings. The minimum atomic E-state index is -4.43. The lowest BCUT2D eigenvalue weighted by molar-refractivity contribution is 0.126. The van der Waals surface area contributed by atoms with E-state index in [1.807, 2.05) is 0 Å². The van der Waals surface area contributed by atoms with Gasteiger partial charge in [-0.1, -0.05) is 11.6 Å². The Balaban J connectivity index is 3.38. The number of nitrogens with zero attached hydrogens (tertiary/aromatic N) is 1. The van der Waals surface area contributed by atoms with Crippen molar-refractivity contribution in [3.8, 4) is 0 Å². The average molecular weight is 382 g/mol. The van der Waals surface area contributed by atoms with Crippen LogP contribution in [0.15, 0.2) is 15.4 Å². The molecule has 108 valence electrons. The average Bonchev–Trinajstić information content (AvgIpc) is 2.30. The van der Waals surface area contributed by atoms with Crippen molar-refractivity contribution >= 4 is 43.2 Å². The highest BCUT2D eigenvalue weighted by molar-refractivity contribution is 9.10. The van der Waals surface area contributed by atoms with Crippen LogP contribution in [0.25, 0.3) is 0 Å². The number of benzene rings is 1. The summed E-state index contributed by atoms with van der Waals surface area (Å²) >= 11 is 8.57. The molecule has 1 aromatic rings. The van der Waals surface area contributed by atoms with Crippen LogP contribution >= 0.6 is 27.5 Å². The van der Waals surface area contributed by atoms with Crippen LogP contribution in [-0.2, 0) is 10.0 Å². The zero-order valence-corrected chi connectivity index (χ0v) is 12.7. The van der Waals surface area contributed by atoms with E-state index in [-0.39, 0.29) is 9.50 Å². The number of nitrogens with two attached hydrogens (primary N) is 1. The second-order valence-electron chi connectivity index (χ2n) is 3.57. The Morgan fingerprint density at radius 3 is 2.53 bits per heavy atom. The standard InChI is InChI=1S/C9H9BrClF3N2O2S/c1-16(3-6(12)13)19(17,18)5-2-4(11)7(10)9(15)8(5)14/h2,6H,3,15H2,1H3. The molecule has 0 radical (unpaired) electrons. The van der Waals surface area contributed by atoms with Crippen LogP contribution in [0.4, 0.5) is 18.9 Å². The molecular formula is C9H9BrClF3N2O2S. The number of anilines is 1. The molecule has 0 fully saturated rings. The number of rotatable bonds is 4. The maximum Gasteiger partial charge on any atom is 0.252 e. The highest BCUT2D eigenvalue weighted by Crippen LogP contribution is 2.35. The van der Waals surface area contributed by atoms with Crippen LogP contribution in [0, 0.1) is 5.82 Å². The fraction of sp³-hybridized carbons (Fsp3) is 0.333. The van der Waals surface area contributed by atoms with Gasteiger partial charge in [0.05, 0.1) is 21.7 Å². The highest BCUT2D eigenvalue weighted by atomic mass is 79.9. The summed E-state index contributed by atoms with van der Waals surface area (Å²) in [5, 5.41) is -0.136. The van der Waals surface area contributed by atoms with Crippen molar-refractivity contribution in [3.63, 3.8) is 0 Å². The Kier molecular flexibility index (Phi) is 5.10. The molecule has 0 atom stereocenters. The molecule has 1 aromatic carbocycles. The van der Waals surface area contributed by atoms with Gasteiger partial charge in [0, 0.05) is 7.05 Å². The second kappa shape index (κ2) is 5.86. The largest absolute Gasteiger partial charge is 0.395 e. The molecule has 0 saturated carbocycles. The predicted molar refractivity (Wildman–Crippen MR) is 69.3 cm³/mol. The van der Waals surface area contributed by atoms with Gasteiger partial charge in [0.25, 0.3) is 6.43 Å². The van der Waals surface area contributed by atoms with Gasteiger partial charge in [0.1, 0.15) is 4.90 Å². The first-order valence-corrected chi connectivity index (χ1v) is 7.37. The first-order chi connectivity index (χ1) is 8.59. The fourth-order valence-corrected chi connectivity index (χ4v) is 3.06. The van der Waals surface area contributed by atoms with Crippen LogP contribution < -0.4 is 5.73 Å². The van der Waals surface area contributed by atoms with E-state index in [4.69, 9.17) is 17.3 Å². The number of hydrogen-bond donors (Lipinski definition) is 1. The lowest BCUT2D eigenvalue weighted by Crippen LogP contribution is -2.32. The third-order valence-corrected chi connectivity index (χ3v) is 5.44. The van der Waals surface area contributed by atoms with Crippen LogP contribution in [-0.4, -0.2) is 32.7 Å². The molecule has 0 heterocycles. The van der Waals surface area contributed by atoms with E-state index in [2.05, 4.69) is 15.9 Å². The van der Waals surface area contributed by atoms with Crippen molar-refractivity contribution in [1.82, 2.24) is 4.31 Å². The van der Waals surface area contributed by atoms with Gasteiger partial charge in [-0.3, -0.25) is 0 Å². The Morgan fingerprint density at radius 1 is 1.53 bits per heavy atom. The van der Waals surface area contributed by atoms with Crippen molar-refractivity contribution < 1.29 is 21.6 Å². The molecule has 2 N–H and O–H groups in total. The molecule has 0 spiro atoms. The molecule has 0 unspecified atom stereocenters. The number of sulfonamides is 1. The van der Waals surface area contributed by atoms with Crippen LogP contribution in [0.5, 0.6) is 0 Å². The molecule has 0 aromatic heterocycles. The van der Waals surface area contributed by atoms with Crippen molar-refractivity contribution in [2.24, 2.45) is 0 Å². The van der Waals surface area contributed by atoms with Gasteiger partial charge in [-0.05, 0) is 22.0 Å². The molecule has 0 amide bonds. The smallest absolute Gasteiger partial charge is 0.252 e. The first kappa shape index (κ1) is 16.5. The maximum atomic E-state index is 13.8. The summed E-state index contributed by atoms with van der Waals surface area (Å²) in [5.74, 6) is -1.24. The fourth-order valence-electron chi connectivity index (χ4n) is 1.25. The summed E-state index contributed by atoms with van der Waals surface area (Å²) < 4.78 is 62.4. The Morgan fingerprint density at radius 2 is 2.05 bits per heavy atom. The summed E-state index contributed by atoms with van der Waals surface area (Å²) in [7, 11) is -3.52. The molecule has 0 aliphatic carbocycles. The van der Waals surface area contributed by atoms with Gasteiger partial charge < -0.3 is 5.73 Å².